The summed E-state index contributed by atoms with van der Waals surface area (Å²) in [6, 6.07) is 16.9. The number of amides is 1. The third-order valence-electron chi connectivity index (χ3n) is 5.04. The van der Waals surface area contributed by atoms with Gasteiger partial charge in [-0.15, -0.1) is 0 Å². The van der Waals surface area contributed by atoms with E-state index in [1.54, 1.807) is 29.8 Å². The summed E-state index contributed by atoms with van der Waals surface area (Å²) in [7, 11) is 0. The Morgan fingerprint density at radius 1 is 1.12 bits per heavy atom. The Morgan fingerprint density at radius 2 is 1.84 bits per heavy atom. The molecule has 0 radical (unpaired) electrons. The van der Waals surface area contributed by atoms with Gasteiger partial charge in [-0.25, -0.2) is 9.48 Å². The summed E-state index contributed by atoms with van der Waals surface area (Å²) < 4.78 is 6.87. The van der Waals surface area contributed by atoms with Crippen molar-refractivity contribution in [3.8, 4) is 17.2 Å². The lowest BCUT2D eigenvalue weighted by atomic mass is 10.00. The minimum atomic E-state index is -0.518. The molecule has 0 aliphatic carbocycles. The fourth-order valence-electron chi connectivity index (χ4n) is 3.51. The van der Waals surface area contributed by atoms with E-state index in [-0.39, 0.29) is 18.1 Å². The molecule has 0 aliphatic rings. The molecule has 32 heavy (non-hydrogen) atoms. The summed E-state index contributed by atoms with van der Waals surface area (Å²) in [5.41, 5.74) is 3.10. The molecule has 3 rings (SSSR count). The number of nitrogens with zero attached hydrogens (tertiary/aromatic N) is 4. The normalized spacial score (nSPS) is 10.4. The fraction of sp³-hybridized carbons (Fsp3) is 0.280. The molecule has 3 aromatic rings. The second-order valence-electron chi connectivity index (χ2n) is 7.24. The van der Waals surface area contributed by atoms with Gasteiger partial charge < -0.3 is 4.74 Å². The van der Waals surface area contributed by atoms with Crippen LogP contribution in [-0.4, -0.2) is 28.3 Å². The molecule has 0 saturated carbocycles. The van der Waals surface area contributed by atoms with Crippen LogP contribution in [0.4, 0.5) is 11.5 Å². The molecule has 0 saturated heterocycles. The number of benzene rings is 2. The number of hydrogen-bond acceptors (Lipinski definition) is 5. The van der Waals surface area contributed by atoms with E-state index in [9.17, 15) is 14.9 Å². The number of nitriles is 1. The van der Waals surface area contributed by atoms with Crippen LogP contribution in [0.5, 0.6) is 0 Å². The van der Waals surface area contributed by atoms with Crippen molar-refractivity contribution in [3.05, 3.63) is 65.9 Å². The number of aromatic nitrogens is 2. The van der Waals surface area contributed by atoms with Crippen LogP contribution in [0.3, 0.4) is 0 Å². The molecule has 1 heterocycles. The summed E-state index contributed by atoms with van der Waals surface area (Å²) in [4.78, 5) is 26.8. The number of hydrogen-bond donors (Lipinski definition) is 0. The van der Waals surface area contributed by atoms with E-state index in [4.69, 9.17) is 4.74 Å². The average Bonchev–Trinajstić information content (AvgIpc) is 3.21. The van der Waals surface area contributed by atoms with Crippen molar-refractivity contribution in [2.75, 3.05) is 11.5 Å². The van der Waals surface area contributed by atoms with Crippen LogP contribution in [0, 0.1) is 11.3 Å². The standard InChI is InChI=1S/C25H26N4O3/c1-4-6-15-28-24(23(17-27-28)25(31)32-5-2)29(18(3)30)21-13-11-19(12-14-21)22-10-8-7-9-20(22)16-26/h7-14,17H,4-6,15H2,1-3H3. The van der Waals surface area contributed by atoms with Crippen molar-refractivity contribution < 1.29 is 14.3 Å². The number of carbonyl (C=O) groups excluding carboxylic acids is 2. The number of ether oxygens (including phenoxy) is 1. The number of aryl methyl sites for hydroxylation is 1. The zero-order valence-corrected chi connectivity index (χ0v) is 18.5. The highest BCUT2D eigenvalue weighted by molar-refractivity contribution is 6.05. The summed E-state index contributed by atoms with van der Waals surface area (Å²) in [5, 5.41) is 13.8. The number of unbranched alkanes of at least 4 members (excludes halogenated alkanes) is 1. The van der Waals surface area contributed by atoms with Gasteiger partial charge in [-0.2, -0.15) is 10.4 Å². The molecule has 1 amide bonds. The highest BCUT2D eigenvalue weighted by Crippen LogP contribution is 2.32. The van der Waals surface area contributed by atoms with Crippen molar-refractivity contribution in [1.82, 2.24) is 9.78 Å². The lowest BCUT2D eigenvalue weighted by Crippen LogP contribution is -2.27. The van der Waals surface area contributed by atoms with Crippen molar-refractivity contribution in [1.29, 1.82) is 5.26 Å². The lowest BCUT2D eigenvalue weighted by molar-refractivity contribution is -0.115. The van der Waals surface area contributed by atoms with Gasteiger partial charge in [0.15, 0.2) is 5.82 Å². The summed E-state index contributed by atoms with van der Waals surface area (Å²) in [6.07, 6.45) is 3.25. The van der Waals surface area contributed by atoms with Crippen molar-refractivity contribution in [2.24, 2.45) is 0 Å². The van der Waals surface area contributed by atoms with E-state index in [2.05, 4.69) is 18.1 Å². The predicted octanol–water partition coefficient (Wildman–Crippen LogP) is 5.08. The second-order valence-corrected chi connectivity index (χ2v) is 7.24. The van der Waals surface area contributed by atoms with E-state index in [1.807, 2.05) is 30.3 Å². The first kappa shape index (κ1) is 22.8. The first-order valence-corrected chi connectivity index (χ1v) is 10.6. The first-order valence-electron chi connectivity index (χ1n) is 10.6. The highest BCUT2D eigenvalue weighted by Gasteiger charge is 2.27. The predicted molar refractivity (Wildman–Crippen MR) is 123 cm³/mol. The van der Waals surface area contributed by atoms with Gasteiger partial charge in [0.2, 0.25) is 5.91 Å². The minimum Gasteiger partial charge on any atom is -0.462 e. The van der Waals surface area contributed by atoms with Crippen LogP contribution < -0.4 is 4.90 Å². The van der Waals surface area contributed by atoms with Crippen LogP contribution >= 0.6 is 0 Å². The van der Waals surface area contributed by atoms with Gasteiger partial charge >= 0.3 is 5.97 Å². The molecule has 7 nitrogen and oxygen atoms in total. The molecule has 0 aliphatic heterocycles. The van der Waals surface area contributed by atoms with Crippen LogP contribution in [0.25, 0.3) is 11.1 Å². The van der Waals surface area contributed by atoms with Crippen LogP contribution in [0.15, 0.2) is 54.7 Å². The van der Waals surface area contributed by atoms with Crippen molar-refractivity contribution in [3.63, 3.8) is 0 Å². The largest absolute Gasteiger partial charge is 0.462 e. The molecule has 1 aromatic heterocycles. The molecule has 0 spiro atoms. The maximum Gasteiger partial charge on any atom is 0.343 e. The second kappa shape index (κ2) is 10.4. The topological polar surface area (TPSA) is 88.2 Å². The molecule has 2 aromatic carbocycles. The Morgan fingerprint density at radius 3 is 2.47 bits per heavy atom. The lowest BCUT2D eigenvalue weighted by Gasteiger charge is -2.24. The molecule has 0 atom stereocenters. The number of anilines is 2. The number of esters is 1. The van der Waals surface area contributed by atoms with Crippen molar-refractivity contribution >= 4 is 23.4 Å². The highest BCUT2D eigenvalue weighted by atomic mass is 16.5. The summed E-state index contributed by atoms with van der Waals surface area (Å²) in [5.74, 6) is -0.371. The van der Waals surface area contributed by atoms with E-state index in [0.29, 0.717) is 23.6 Å². The molecule has 0 bridgehead atoms. The zero-order valence-electron chi connectivity index (χ0n) is 18.5. The third kappa shape index (κ3) is 4.70. The maximum absolute atomic E-state index is 12.7. The molecule has 0 unspecified atom stereocenters. The van der Waals surface area contributed by atoms with E-state index in [1.165, 1.54) is 18.0 Å². The van der Waals surface area contributed by atoms with E-state index >= 15 is 0 Å². The monoisotopic (exact) mass is 430 g/mol. The Kier molecular flexibility index (Phi) is 7.40. The number of rotatable bonds is 8. The van der Waals surface area contributed by atoms with E-state index in [0.717, 1.165) is 24.0 Å². The molecule has 0 N–H and O–H groups in total. The Hall–Kier alpha value is -3.92. The van der Waals surface area contributed by atoms with Gasteiger partial charge in [-0.1, -0.05) is 43.7 Å². The van der Waals surface area contributed by atoms with Crippen LogP contribution in [0.2, 0.25) is 0 Å². The van der Waals surface area contributed by atoms with E-state index < -0.39 is 5.97 Å². The molecule has 164 valence electrons. The molecule has 0 fully saturated rings. The Balaban J connectivity index is 2.07. The summed E-state index contributed by atoms with van der Waals surface area (Å²) >= 11 is 0. The minimum absolute atomic E-state index is 0.228. The number of carbonyl (C=O) groups is 2. The maximum atomic E-state index is 12.7. The van der Waals surface area contributed by atoms with Crippen LogP contribution in [0.1, 0.15) is 49.5 Å². The molecule has 7 heteroatoms. The fourth-order valence-corrected chi connectivity index (χ4v) is 3.51. The first-order chi connectivity index (χ1) is 15.5. The third-order valence-corrected chi connectivity index (χ3v) is 5.04. The Labute approximate surface area is 187 Å². The van der Waals surface area contributed by atoms with Gasteiger partial charge in [0.1, 0.15) is 5.56 Å². The summed E-state index contributed by atoms with van der Waals surface area (Å²) in [6.45, 7) is 6.05. The SMILES string of the molecule is CCCCn1ncc(C(=O)OCC)c1N(C(C)=O)c1ccc(-c2ccccc2C#N)cc1. The molecular formula is C25H26N4O3. The smallest absolute Gasteiger partial charge is 0.343 e. The zero-order chi connectivity index (χ0) is 23.1. The molecular weight excluding hydrogens is 404 g/mol. The van der Waals surface area contributed by atoms with Crippen molar-refractivity contribution in [2.45, 2.75) is 40.2 Å². The van der Waals surface area contributed by atoms with Gasteiger partial charge in [0.25, 0.3) is 0 Å². The van der Waals surface area contributed by atoms with Crippen LogP contribution in [-0.2, 0) is 16.1 Å². The Bertz CT molecular complexity index is 1140. The van der Waals surface area contributed by atoms with Gasteiger partial charge in [-0.3, -0.25) is 9.69 Å². The van der Waals surface area contributed by atoms with Gasteiger partial charge in [0.05, 0.1) is 30.1 Å². The van der Waals surface area contributed by atoms with Gasteiger partial charge in [-0.05, 0) is 42.7 Å². The van der Waals surface area contributed by atoms with Gasteiger partial charge in [0, 0.05) is 13.5 Å². The quantitative estimate of drug-likeness (QED) is 0.465. The average molecular weight is 431 g/mol.